The lowest BCUT2D eigenvalue weighted by Gasteiger charge is -2.46. The van der Waals surface area contributed by atoms with Gasteiger partial charge in [-0.3, -0.25) is 4.79 Å². The summed E-state index contributed by atoms with van der Waals surface area (Å²) in [4.78, 5) is 14.2. The van der Waals surface area contributed by atoms with Crippen LogP contribution in [0.15, 0.2) is 30.3 Å². The maximum atomic E-state index is 14.6. The van der Waals surface area contributed by atoms with E-state index >= 15 is 0 Å². The van der Waals surface area contributed by atoms with E-state index in [-0.39, 0.29) is 37.4 Å². The highest BCUT2D eigenvalue weighted by atomic mass is 19.2. The molecule has 2 aromatic carbocycles. The summed E-state index contributed by atoms with van der Waals surface area (Å²) in [7, 11) is 0. The Kier molecular flexibility index (Phi) is 6.88. The number of nitrogens with one attached hydrogen (secondary N) is 2. The quantitative estimate of drug-likeness (QED) is 0.510. The Morgan fingerprint density at radius 2 is 1.90 bits per heavy atom. The molecule has 4 N–H and O–H groups in total. The van der Waals surface area contributed by atoms with E-state index in [1.165, 1.54) is 17.0 Å². The van der Waals surface area contributed by atoms with Gasteiger partial charge in [-0.25, -0.2) is 13.2 Å². The predicted molar refractivity (Wildman–Crippen MR) is 111 cm³/mol. The van der Waals surface area contributed by atoms with Crippen molar-refractivity contribution in [1.82, 2.24) is 10.2 Å². The molecule has 1 saturated heterocycles. The number of anilines is 2. The Hall–Kier alpha value is -2.62. The standard InChI is InChI=1S/C22H26F3N3O3/c1-3-14-4-7-18(17(24)8-14)27-20-15(5-6-16(23)19(20)25)21(30)28-11-22(31,12-28)10-26-9-13(2)29/h4-8,13,26-27,29,31H,3,9-12H2,1-2H3. The van der Waals surface area contributed by atoms with Crippen LogP contribution in [0.2, 0.25) is 0 Å². The van der Waals surface area contributed by atoms with Crippen LogP contribution in [-0.2, 0) is 6.42 Å². The molecule has 0 aromatic heterocycles. The van der Waals surface area contributed by atoms with E-state index in [1.54, 1.807) is 13.0 Å². The summed E-state index contributed by atoms with van der Waals surface area (Å²) >= 11 is 0. The fourth-order valence-electron chi connectivity index (χ4n) is 3.47. The van der Waals surface area contributed by atoms with E-state index in [0.29, 0.717) is 6.42 Å². The maximum Gasteiger partial charge on any atom is 0.256 e. The Labute approximate surface area is 178 Å². The van der Waals surface area contributed by atoms with Crippen LogP contribution in [0.25, 0.3) is 0 Å². The van der Waals surface area contributed by atoms with Gasteiger partial charge in [0.1, 0.15) is 11.4 Å². The SMILES string of the molecule is CCc1ccc(Nc2c(C(=O)N3CC(O)(CNCC(C)O)C3)ccc(F)c2F)c(F)c1. The fraction of sp³-hybridized carbons (Fsp3) is 0.409. The number of carbonyl (C=O) groups excluding carboxylic acids is 1. The second-order valence-corrected chi connectivity index (χ2v) is 7.94. The molecule has 9 heteroatoms. The van der Waals surface area contributed by atoms with E-state index in [9.17, 15) is 28.2 Å². The molecule has 2 aromatic rings. The second-order valence-electron chi connectivity index (χ2n) is 7.94. The van der Waals surface area contributed by atoms with Crippen LogP contribution in [0.1, 0.15) is 29.8 Å². The number of aliphatic hydroxyl groups is 2. The first-order valence-electron chi connectivity index (χ1n) is 10.1. The Bertz CT molecular complexity index is 963. The molecule has 3 rings (SSSR count). The minimum Gasteiger partial charge on any atom is -0.392 e. The number of carbonyl (C=O) groups is 1. The van der Waals surface area contributed by atoms with E-state index in [2.05, 4.69) is 10.6 Å². The largest absolute Gasteiger partial charge is 0.392 e. The highest BCUT2D eigenvalue weighted by Gasteiger charge is 2.44. The smallest absolute Gasteiger partial charge is 0.256 e. The summed E-state index contributed by atoms with van der Waals surface area (Å²) in [5.74, 6) is -3.73. The number of halogens is 3. The van der Waals surface area contributed by atoms with Crippen molar-refractivity contribution in [3.8, 4) is 0 Å². The number of nitrogens with zero attached hydrogens (tertiary/aromatic N) is 1. The van der Waals surface area contributed by atoms with Crippen molar-refractivity contribution in [3.05, 3.63) is 58.9 Å². The van der Waals surface area contributed by atoms with Gasteiger partial charge in [-0.05, 0) is 43.2 Å². The van der Waals surface area contributed by atoms with Crippen molar-refractivity contribution in [3.63, 3.8) is 0 Å². The second kappa shape index (κ2) is 9.25. The molecule has 0 spiro atoms. The van der Waals surface area contributed by atoms with Gasteiger partial charge in [0.05, 0.1) is 36.1 Å². The van der Waals surface area contributed by atoms with Gasteiger partial charge in [-0.15, -0.1) is 0 Å². The molecule has 1 fully saturated rings. The number of aliphatic hydroxyl groups excluding tert-OH is 1. The molecular formula is C22H26F3N3O3. The van der Waals surface area contributed by atoms with Gasteiger partial charge in [0, 0.05) is 13.1 Å². The van der Waals surface area contributed by atoms with Gasteiger partial charge in [0.15, 0.2) is 11.6 Å². The maximum absolute atomic E-state index is 14.6. The molecule has 0 saturated carbocycles. The number of benzene rings is 2. The van der Waals surface area contributed by atoms with E-state index in [1.807, 2.05) is 6.92 Å². The van der Waals surface area contributed by atoms with Crippen LogP contribution in [0, 0.1) is 17.5 Å². The zero-order chi connectivity index (χ0) is 22.8. The lowest BCUT2D eigenvalue weighted by atomic mass is 9.92. The summed E-state index contributed by atoms with van der Waals surface area (Å²) < 4.78 is 42.8. The third kappa shape index (κ3) is 5.17. The van der Waals surface area contributed by atoms with Crippen LogP contribution < -0.4 is 10.6 Å². The number of hydrogen-bond acceptors (Lipinski definition) is 5. The zero-order valence-electron chi connectivity index (χ0n) is 17.4. The van der Waals surface area contributed by atoms with E-state index in [4.69, 9.17) is 0 Å². The Morgan fingerprint density at radius 3 is 2.52 bits per heavy atom. The van der Waals surface area contributed by atoms with Gasteiger partial charge in [-0.1, -0.05) is 13.0 Å². The summed E-state index contributed by atoms with van der Waals surface area (Å²) in [5.41, 5.74) is -1.16. The minimum absolute atomic E-state index is 0.0172. The third-order valence-corrected chi connectivity index (χ3v) is 5.18. The van der Waals surface area contributed by atoms with E-state index < -0.39 is 40.8 Å². The minimum atomic E-state index is -1.29. The third-order valence-electron chi connectivity index (χ3n) is 5.18. The van der Waals surface area contributed by atoms with Crippen molar-refractivity contribution in [1.29, 1.82) is 0 Å². The average Bonchev–Trinajstić information content (AvgIpc) is 2.70. The summed E-state index contributed by atoms with van der Waals surface area (Å²) in [6.45, 7) is 3.88. The molecule has 1 unspecified atom stereocenters. The molecule has 1 aliphatic rings. The number of likely N-dealkylation sites (tertiary alicyclic amines) is 1. The van der Waals surface area contributed by atoms with E-state index in [0.717, 1.165) is 17.7 Å². The first-order chi connectivity index (χ1) is 14.6. The molecule has 0 radical (unpaired) electrons. The van der Waals surface area contributed by atoms with Gasteiger partial charge in [0.25, 0.3) is 5.91 Å². The van der Waals surface area contributed by atoms with Gasteiger partial charge in [0.2, 0.25) is 0 Å². The molecule has 1 atom stereocenters. The molecule has 0 bridgehead atoms. The van der Waals surface area contributed by atoms with Crippen LogP contribution in [0.3, 0.4) is 0 Å². The van der Waals surface area contributed by atoms with Gasteiger partial charge < -0.3 is 25.7 Å². The van der Waals surface area contributed by atoms with Crippen LogP contribution >= 0.6 is 0 Å². The van der Waals surface area contributed by atoms with Crippen LogP contribution in [0.5, 0.6) is 0 Å². The summed E-state index contributed by atoms with van der Waals surface area (Å²) in [6.07, 6.45) is 0.0307. The molecular weight excluding hydrogens is 411 g/mol. The highest BCUT2D eigenvalue weighted by Crippen LogP contribution is 2.31. The molecule has 1 aliphatic heterocycles. The first kappa shape index (κ1) is 23.1. The number of rotatable bonds is 8. The topological polar surface area (TPSA) is 84.8 Å². The van der Waals surface area contributed by atoms with Crippen LogP contribution in [-0.4, -0.2) is 58.9 Å². The van der Waals surface area contributed by atoms with Crippen molar-refractivity contribution in [2.24, 2.45) is 0 Å². The van der Waals surface area contributed by atoms with Crippen molar-refractivity contribution < 1.29 is 28.2 Å². The lowest BCUT2D eigenvalue weighted by Crippen LogP contribution is -2.67. The molecule has 0 aliphatic carbocycles. The normalized spacial score (nSPS) is 16.0. The van der Waals surface area contributed by atoms with Crippen molar-refractivity contribution in [2.45, 2.75) is 32.0 Å². The lowest BCUT2D eigenvalue weighted by molar-refractivity contribution is -0.0792. The van der Waals surface area contributed by atoms with Gasteiger partial charge in [-0.2, -0.15) is 0 Å². The molecule has 31 heavy (non-hydrogen) atoms. The summed E-state index contributed by atoms with van der Waals surface area (Å²) in [5, 5.41) is 25.1. The zero-order valence-corrected chi connectivity index (χ0v) is 17.4. The molecule has 168 valence electrons. The predicted octanol–water partition coefficient (Wildman–Crippen LogP) is 2.57. The Morgan fingerprint density at radius 1 is 1.19 bits per heavy atom. The first-order valence-corrected chi connectivity index (χ1v) is 10.1. The summed E-state index contributed by atoms with van der Waals surface area (Å²) in [6, 6.07) is 6.31. The molecule has 6 nitrogen and oxygen atoms in total. The fourth-order valence-corrected chi connectivity index (χ4v) is 3.47. The van der Waals surface area contributed by atoms with Crippen molar-refractivity contribution in [2.75, 3.05) is 31.5 Å². The molecule has 1 amide bonds. The number of aryl methyl sites for hydroxylation is 1. The number of amides is 1. The number of hydrogen-bond donors (Lipinski definition) is 4. The van der Waals surface area contributed by atoms with Gasteiger partial charge >= 0.3 is 0 Å². The van der Waals surface area contributed by atoms with Crippen molar-refractivity contribution >= 4 is 17.3 Å². The Balaban J connectivity index is 1.78. The highest BCUT2D eigenvalue weighted by molar-refractivity contribution is 6.01. The average molecular weight is 437 g/mol. The molecule has 1 heterocycles. The van der Waals surface area contributed by atoms with Crippen LogP contribution in [0.4, 0.5) is 24.5 Å². The number of β-amino-alcohol motifs (C(OH)–C–C–N with tert-alkyl or cyclic N) is 1. The monoisotopic (exact) mass is 437 g/mol.